The molecule has 1 aromatic heterocycles. The minimum Gasteiger partial charge on any atom is -0.495 e. The lowest BCUT2D eigenvalue weighted by atomic mass is 9.83. The topological polar surface area (TPSA) is 51.6 Å². The minimum absolute atomic E-state index is 0.0652. The smallest absolute Gasteiger partial charge is 0.143 e. The van der Waals surface area contributed by atoms with Crippen LogP contribution in [0, 0.1) is 5.92 Å². The third-order valence-electron chi connectivity index (χ3n) is 3.56. The number of rotatable bonds is 3. The highest BCUT2D eigenvalue weighted by Crippen LogP contribution is 2.39. The first-order valence-electron chi connectivity index (χ1n) is 6.40. The average Bonchev–Trinajstić information content (AvgIpc) is 2.38. The van der Waals surface area contributed by atoms with Gasteiger partial charge in [0.15, 0.2) is 0 Å². The molecular weight excluding hydrogens is 230 g/mol. The average molecular weight is 251 g/mol. The standard InChI is InChI=1S/C14H21NO3/c1-10(2)12-9-14(16,6-8-18-12)13-11(17-3)5-4-7-15-13/h4-5,7,10,12,16H,6,8-9H2,1-3H3. The summed E-state index contributed by atoms with van der Waals surface area (Å²) in [6, 6.07) is 3.64. The third kappa shape index (κ3) is 2.49. The van der Waals surface area contributed by atoms with E-state index in [-0.39, 0.29) is 6.10 Å². The fraction of sp³-hybridized carbons (Fsp3) is 0.643. The van der Waals surface area contributed by atoms with Crippen LogP contribution >= 0.6 is 0 Å². The van der Waals surface area contributed by atoms with Crippen molar-refractivity contribution < 1.29 is 14.6 Å². The first-order valence-corrected chi connectivity index (χ1v) is 6.40. The van der Waals surface area contributed by atoms with Gasteiger partial charge in [-0.05, 0) is 18.1 Å². The predicted molar refractivity (Wildman–Crippen MR) is 68.5 cm³/mol. The second kappa shape index (κ2) is 5.24. The summed E-state index contributed by atoms with van der Waals surface area (Å²) in [5.41, 5.74) is -0.318. The maximum Gasteiger partial charge on any atom is 0.143 e. The van der Waals surface area contributed by atoms with E-state index in [9.17, 15) is 5.11 Å². The highest BCUT2D eigenvalue weighted by molar-refractivity contribution is 5.32. The van der Waals surface area contributed by atoms with Crippen molar-refractivity contribution in [3.63, 3.8) is 0 Å². The molecule has 2 unspecified atom stereocenters. The van der Waals surface area contributed by atoms with Crippen LogP contribution in [0.2, 0.25) is 0 Å². The molecule has 1 aliphatic heterocycles. The van der Waals surface area contributed by atoms with Crippen molar-refractivity contribution in [3.8, 4) is 5.75 Å². The summed E-state index contributed by atoms with van der Waals surface area (Å²) in [7, 11) is 1.60. The summed E-state index contributed by atoms with van der Waals surface area (Å²) in [5.74, 6) is 1.02. The SMILES string of the molecule is COc1cccnc1C1(O)CCOC(C(C)C)C1. The zero-order valence-corrected chi connectivity index (χ0v) is 11.2. The van der Waals surface area contributed by atoms with E-state index < -0.39 is 5.60 Å². The molecular formula is C14H21NO3. The van der Waals surface area contributed by atoms with Crippen LogP contribution < -0.4 is 4.74 Å². The second-order valence-electron chi connectivity index (χ2n) is 5.19. The van der Waals surface area contributed by atoms with Crippen molar-refractivity contribution in [1.82, 2.24) is 4.98 Å². The molecule has 100 valence electrons. The maximum absolute atomic E-state index is 10.9. The Hall–Kier alpha value is -1.13. The molecule has 18 heavy (non-hydrogen) atoms. The van der Waals surface area contributed by atoms with Gasteiger partial charge in [-0.25, -0.2) is 0 Å². The molecule has 0 bridgehead atoms. The third-order valence-corrected chi connectivity index (χ3v) is 3.56. The molecule has 2 atom stereocenters. The van der Waals surface area contributed by atoms with Gasteiger partial charge in [-0.1, -0.05) is 13.8 Å². The van der Waals surface area contributed by atoms with E-state index in [1.807, 2.05) is 12.1 Å². The molecule has 1 aromatic rings. The van der Waals surface area contributed by atoms with Crippen LogP contribution in [0.1, 0.15) is 32.4 Å². The Morgan fingerprint density at radius 3 is 3.00 bits per heavy atom. The lowest BCUT2D eigenvalue weighted by Crippen LogP contribution is -2.41. The van der Waals surface area contributed by atoms with E-state index in [0.717, 1.165) is 0 Å². The molecule has 1 saturated heterocycles. The zero-order chi connectivity index (χ0) is 13.2. The lowest BCUT2D eigenvalue weighted by molar-refractivity contribution is -0.123. The fourth-order valence-corrected chi connectivity index (χ4v) is 2.42. The number of methoxy groups -OCH3 is 1. The first-order chi connectivity index (χ1) is 8.57. The summed E-state index contributed by atoms with van der Waals surface area (Å²) in [5, 5.41) is 10.9. The second-order valence-corrected chi connectivity index (χ2v) is 5.19. The van der Waals surface area contributed by atoms with Gasteiger partial charge in [0.2, 0.25) is 0 Å². The fourth-order valence-electron chi connectivity index (χ4n) is 2.42. The van der Waals surface area contributed by atoms with Gasteiger partial charge in [0.25, 0.3) is 0 Å². The van der Waals surface area contributed by atoms with E-state index in [1.54, 1.807) is 13.3 Å². The molecule has 4 nitrogen and oxygen atoms in total. The summed E-state index contributed by atoms with van der Waals surface area (Å²) < 4.78 is 11.0. The van der Waals surface area contributed by atoms with Crippen LogP contribution in [0.4, 0.5) is 0 Å². The molecule has 0 aromatic carbocycles. The molecule has 2 heterocycles. The Labute approximate surface area is 108 Å². The van der Waals surface area contributed by atoms with Gasteiger partial charge < -0.3 is 14.6 Å². The number of aromatic nitrogens is 1. The van der Waals surface area contributed by atoms with Gasteiger partial charge >= 0.3 is 0 Å². The number of ether oxygens (including phenoxy) is 2. The van der Waals surface area contributed by atoms with E-state index in [2.05, 4.69) is 18.8 Å². The van der Waals surface area contributed by atoms with Crippen molar-refractivity contribution in [3.05, 3.63) is 24.0 Å². The zero-order valence-electron chi connectivity index (χ0n) is 11.2. The number of hydrogen-bond acceptors (Lipinski definition) is 4. The van der Waals surface area contributed by atoms with Crippen molar-refractivity contribution in [2.45, 2.75) is 38.4 Å². The highest BCUT2D eigenvalue weighted by Gasteiger charge is 2.40. The molecule has 0 amide bonds. The van der Waals surface area contributed by atoms with Gasteiger partial charge in [0, 0.05) is 19.0 Å². The van der Waals surface area contributed by atoms with Gasteiger partial charge in [0.1, 0.15) is 17.0 Å². The van der Waals surface area contributed by atoms with Gasteiger partial charge in [-0.2, -0.15) is 0 Å². The van der Waals surface area contributed by atoms with E-state index >= 15 is 0 Å². The number of nitrogens with zero attached hydrogens (tertiary/aromatic N) is 1. The molecule has 0 aliphatic carbocycles. The monoisotopic (exact) mass is 251 g/mol. The van der Waals surface area contributed by atoms with Crippen LogP contribution in [-0.2, 0) is 10.3 Å². The molecule has 0 radical (unpaired) electrons. The van der Waals surface area contributed by atoms with Crippen LogP contribution in [0.25, 0.3) is 0 Å². The molecule has 0 spiro atoms. The summed E-state index contributed by atoms with van der Waals surface area (Å²) >= 11 is 0. The van der Waals surface area contributed by atoms with Gasteiger partial charge in [-0.15, -0.1) is 0 Å². The Bertz CT molecular complexity index is 408. The summed E-state index contributed by atoms with van der Waals surface area (Å²) in [4.78, 5) is 4.31. The van der Waals surface area contributed by atoms with Crippen molar-refractivity contribution in [2.24, 2.45) is 5.92 Å². The Kier molecular flexibility index (Phi) is 3.88. The van der Waals surface area contributed by atoms with Crippen LogP contribution in [0.15, 0.2) is 18.3 Å². The maximum atomic E-state index is 10.9. The normalized spacial score (nSPS) is 28.4. The van der Waals surface area contributed by atoms with Gasteiger partial charge in [0.05, 0.1) is 19.8 Å². The summed E-state index contributed by atoms with van der Waals surface area (Å²) in [6.07, 6.45) is 2.88. The van der Waals surface area contributed by atoms with E-state index in [1.165, 1.54) is 0 Å². The quantitative estimate of drug-likeness (QED) is 0.894. The predicted octanol–water partition coefficient (Wildman–Crippen LogP) is 2.11. The van der Waals surface area contributed by atoms with E-state index in [0.29, 0.717) is 36.8 Å². The number of pyridine rings is 1. The summed E-state index contributed by atoms with van der Waals surface area (Å²) in [6.45, 7) is 4.76. The van der Waals surface area contributed by atoms with Crippen molar-refractivity contribution in [2.75, 3.05) is 13.7 Å². The highest BCUT2D eigenvalue weighted by atomic mass is 16.5. The minimum atomic E-state index is -0.945. The molecule has 1 N–H and O–H groups in total. The number of aliphatic hydroxyl groups is 1. The van der Waals surface area contributed by atoms with Gasteiger partial charge in [-0.3, -0.25) is 4.98 Å². The lowest BCUT2D eigenvalue weighted by Gasteiger charge is -2.38. The molecule has 1 fully saturated rings. The van der Waals surface area contributed by atoms with E-state index in [4.69, 9.17) is 9.47 Å². The molecule has 2 rings (SSSR count). The Morgan fingerprint density at radius 2 is 2.33 bits per heavy atom. The van der Waals surface area contributed by atoms with Crippen LogP contribution in [-0.4, -0.2) is 29.9 Å². The Balaban J connectivity index is 2.29. The Morgan fingerprint density at radius 1 is 1.56 bits per heavy atom. The van der Waals surface area contributed by atoms with Crippen LogP contribution in [0.5, 0.6) is 5.75 Å². The largest absolute Gasteiger partial charge is 0.495 e. The molecule has 4 heteroatoms. The van der Waals surface area contributed by atoms with Crippen molar-refractivity contribution in [1.29, 1.82) is 0 Å². The number of hydrogen-bond donors (Lipinski definition) is 1. The molecule has 0 saturated carbocycles. The van der Waals surface area contributed by atoms with Crippen LogP contribution in [0.3, 0.4) is 0 Å². The molecule has 1 aliphatic rings. The first kappa shape index (κ1) is 13.3. The van der Waals surface area contributed by atoms with Crippen molar-refractivity contribution >= 4 is 0 Å².